The Balaban J connectivity index is 1.69. The molecule has 1 unspecified atom stereocenters. The fourth-order valence-corrected chi connectivity index (χ4v) is 3.79. The summed E-state index contributed by atoms with van der Waals surface area (Å²) in [7, 11) is 0. The highest BCUT2D eigenvalue weighted by Crippen LogP contribution is 2.32. The van der Waals surface area contributed by atoms with Gasteiger partial charge in [-0.05, 0) is 37.0 Å². The lowest BCUT2D eigenvalue weighted by Crippen LogP contribution is -2.22. The number of benzene rings is 1. The van der Waals surface area contributed by atoms with Gasteiger partial charge in [0.15, 0.2) is 0 Å². The van der Waals surface area contributed by atoms with Crippen molar-refractivity contribution in [3.63, 3.8) is 0 Å². The number of hydrogen-bond donors (Lipinski definition) is 0. The second-order valence-corrected chi connectivity index (χ2v) is 6.61. The number of urea groups is 1. The van der Waals surface area contributed by atoms with E-state index in [-0.39, 0.29) is 6.03 Å². The van der Waals surface area contributed by atoms with Crippen LogP contribution in [0.15, 0.2) is 38.7 Å². The first kappa shape index (κ1) is 13.1. The summed E-state index contributed by atoms with van der Waals surface area (Å²) in [5, 5.41) is 0.954. The molecule has 0 saturated heterocycles. The highest BCUT2D eigenvalue weighted by atomic mass is 79.9. The second-order valence-electron chi connectivity index (χ2n) is 4.70. The van der Waals surface area contributed by atoms with Crippen LogP contribution in [0.1, 0.15) is 24.8 Å². The molecular formula is C14H13BrN2OS. The van der Waals surface area contributed by atoms with E-state index in [0.717, 1.165) is 40.2 Å². The van der Waals surface area contributed by atoms with Gasteiger partial charge in [0.05, 0.1) is 5.04 Å². The quantitative estimate of drug-likeness (QED) is 0.800. The average Bonchev–Trinajstić information content (AvgIpc) is 2.85. The molecule has 1 atom stereocenters. The molecule has 0 bridgehead atoms. The molecule has 5 heteroatoms. The maximum Gasteiger partial charge on any atom is 0.367 e. The average molecular weight is 337 g/mol. The Labute approximate surface area is 124 Å². The van der Waals surface area contributed by atoms with Crippen molar-refractivity contribution in [2.75, 3.05) is 0 Å². The van der Waals surface area contributed by atoms with E-state index in [1.165, 1.54) is 5.56 Å². The van der Waals surface area contributed by atoms with Crippen molar-refractivity contribution < 1.29 is 4.79 Å². The molecule has 0 N–H and O–H groups in total. The Morgan fingerprint density at radius 3 is 2.84 bits per heavy atom. The lowest BCUT2D eigenvalue weighted by atomic mass is 10.1. The minimum Gasteiger partial charge on any atom is -0.244 e. The van der Waals surface area contributed by atoms with Crippen molar-refractivity contribution in [1.29, 1.82) is 0 Å². The third-order valence-electron chi connectivity index (χ3n) is 3.37. The van der Waals surface area contributed by atoms with Crippen LogP contribution in [0.4, 0.5) is 4.79 Å². The molecule has 3 nitrogen and oxygen atoms in total. The molecule has 1 aliphatic heterocycles. The zero-order chi connectivity index (χ0) is 13.2. The lowest BCUT2D eigenvalue weighted by Gasteiger charge is -2.16. The third kappa shape index (κ3) is 2.98. The standard InChI is InChI=1S/C14H13BrN2OS/c15-10-6-4-9(5-7-10)8-19-13-11-2-1-3-12(11)16-14(18)17-13/h4-7,11H,1-3,8H2. The summed E-state index contributed by atoms with van der Waals surface area (Å²) in [5.41, 5.74) is 2.28. The number of aliphatic imine (C=N–C) groups is 2. The molecule has 0 spiro atoms. The second kappa shape index (κ2) is 5.59. The molecule has 1 fully saturated rings. The Hall–Kier alpha value is -0.940. The zero-order valence-electron chi connectivity index (χ0n) is 10.3. The molecule has 19 heavy (non-hydrogen) atoms. The number of halogens is 1. The van der Waals surface area contributed by atoms with Gasteiger partial charge >= 0.3 is 6.03 Å². The molecule has 0 aromatic heterocycles. The minimum atomic E-state index is -0.327. The van der Waals surface area contributed by atoms with Crippen LogP contribution in [0.2, 0.25) is 0 Å². The number of hydrogen-bond acceptors (Lipinski definition) is 2. The van der Waals surface area contributed by atoms with E-state index < -0.39 is 0 Å². The third-order valence-corrected chi connectivity index (χ3v) is 5.05. The van der Waals surface area contributed by atoms with E-state index in [1.807, 2.05) is 12.1 Å². The van der Waals surface area contributed by atoms with Crippen LogP contribution in [0.3, 0.4) is 0 Å². The van der Waals surface area contributed by atoms with Crippen LogP contribution in [-0.4, -0.2) is 16.8 Å². The van der Waals surface area contributed by atoms with E-state index in [1.54, 1.807) is 11.8 Å². The molecule has 0 radical (unpaired) electrons. The van der Waals surface area contributed by atoms with Crippen LogP contribution < -0.4 is 0 Å². The maximum atomic E-state index is 11.5. The molecule has 1 saturated carbocycles. The van der Waals surface area contributed by atoms with E-state index in [2.05, 4.69) is 38.0 Å². The molecule has 1 aromatic carbocycles. The molecule has 3 rings (SSSR count). The first-order valence-corrected chi connectivity index (χ1v) is 8.07. The van der Waals surface area contributed by atoms with Crippen molar-refractivity contribution in [1.82, 2.24) is 0 Å². The van der Waals surface area contributed by atoms with Gasteiger partial charge in [0, 0.05) is 21.9 Å². The topological polar surface area (TPSA) is 41.8 Å². The number of thioether (sulfide) groups is 1. The van der Waals surface area contributed by atoms with E-state index in [4.69, 9.17) is 0 Å². The fourth-order valence-electron chi connectivity index (χ4n) is 2.42. The summed E-state index contributed by atoms with van der Waals surface area (Å²) in [4.78, 5) is 19.6. The first-order valence-electron chi connectivity index (χ1n) is 6.29. The van der Waals surface area contributed by atoms with Gasteiger partial charge in [-0.2, -0.15) is 4.99 Å². The summed E-state index contributed by atoms with van der Waals surface area (Å²) in [6.07, 6.45) is 3.15. The molecule has 1 heterocycles. The van der Waals surface area contributed by atoms with Crippen molar-refractivity contribution in [2.24, 2.45) is 15.9 Å². The van der Waals surface area contributed by atoms with E-state index in [9.17, 15) is 4.79 Å². The minimum absolute atomic E-state index is 0.304. The van der Waals surface area contributed by atoms with E-state index >= 15 is 0 Å². The largest absolute Gasteiger partial charge is 0.367 e. The summed E-state index contributed by atoms with van der Waals surface area (Å²) in [5.74, 6) is 1.15. The van der Waals surface area contributed by atoms with Gasteiger partial charge in [-0.3, -0.25) is 0 Å². The SMILES string of the molecule is O=C1N=C2CCCC2C(SCc2ccc(Br)cc2)=N1. The highest BCUT2D eigenvalue weighted by Gasteiger charge is 2.31. The molecule has 1 aliphatic carbocycles. The zero-order valence-corrected chi connectivity index (χ0v) is 12.7. The molecular weight excluding hydrogens is 324 g/mol. The van der Waals surface area contributed by atoms with Crippen LogP contribution in [0, 0.1) is 5.92 Å². The molecule has 1 aromatic rings. The predicted octanol–water partition coefficient (Wildman–Crippen LogP) is 4.46. The highest BCUT2D eigenvalue weighted by molar-refractivity contribution is 9.10. The van der Waals surface area contributed by atoms with Gasteiger partial charge < -0.3 is 0 Å². The summed E-state index contributed by atoms with van der Waals surface area (Å²) < 4.78 is 1.08. The summed E-state index contributed by atoms with van der Waals surface area (Å²) >= 11 is 5.10. The molecule has 98 valence electrons. The van der Waals surface area contributed by atoms with Crippen LogP contribution in [0.25, 0.3) is 0 Å². The number of rotatable bonds is 2. The van der Waals surface area contributed by atoms with Crippen molar-refractivity contribution in [2.45, 2.75) is 25.0 Å². The van der Waals surface area contributed by atoms with Gasteiger partial charge in [-0.15, -0.1) is 11.8 Å². The summed E-state index contributed by atoms with van der Waals surface area (Å²) in [6, 6.07) is 7.92. The number of carbonyl (C=O) groups is 1. The Bertz CT molecular complexity index is 565. The Kier molecular flexibility index (Phi) is 3.84. The Morgan fingerprint density at radius 2 is 2.05 bits per heavy atom. The first-order chi connectivity index (χ1) is 9.22. The maximum absolute atomic E-state index is 11.5. The predicted molar refractivity (Wildman–Crippen MR) is 83.0 cm³/mol. The Morgan fingerprint density at radius 1 is 1.26 bits per heavy atom. The van der Waals surface area contributed by atoms with Gasteiger partial charge in [0.25, 0.3) is 0 Å². The van der Waals surface area contributed by atoms with Gasteiger partial charge in [-0.25, -0.2) is 9.79 Å². The van der Waals surface area contributed by atoms with Crippen LogP contribution >= 0.6 is 27.7 Å². The number of carbonyl (C=O) groups excluding carboxylic acids is 1. The number of amides is 2. The molecule has 2 aliphatic rings. The van der Waals surface area contributed by atoms with E-state index in [0.29, 0.717) is 5.92 Å². The summed E-state index contributed by atoms with van der Waals surface area (Å²) in [6.45, 7) is 0. The van der Waals surface area contributed by atoms with Gasteiger partial charge in [0.1, 0.15) is 0 Å². The van der Waals surface area contributed by atoms with Crippen molar-refractivity contribution in [3.8, 4) is 0 Å². The van der Waals surface area contributed by atoms with Crippen LogP contribution in [0.5, 0.6) is 0 Å². The van der Waals surface area contributed by atoms with Gasteiger partial charge in [0.2, 0.25) is 0 Å². The monoisotopic (exact) mass is 336 g/mol. The van der Waals surface area contributed by atoms with Crippen molar-refractivity contribution >= 4 is 44.5 Å². The fraction of sp³-hybridized carbons (Fsp3) is 0.357. The normalized spacial score (nSPS) is 21.9. The number of fused-ring (bicyclic) bond motifs is 1. The van der Waals surface area contributed by atoms with Crippen LogP contribution in [-0.2, 0) is 5.75 Å². The smallest absolute Gasteiger partial charge is 0.244 e. The van der Waals surface area contributed by atoms with Gasteiger partial charge in [-0.1, -0.05) is 28.1 Å². The molecule has 2 amide bonds. The van der Waals surface area contributed by atoms with Crippen molar-refractivity contribution in [3.05, 3.63) is 34.3 Å². The number of nitrogens with zero attached hydrogens (tertiary/aromatic N) is 2. The lowest BCUT2D eigenvalue weighted by molar-refractivity contribution is 0.256.